The van der Waals surface area contributed by atoms with E-state index in [-0.39, 0.29) is 0 Å². The molecule has 0 bridgehead atoms. The summed E-state index contributed by atoms with van der Waals surface area (Å²) in [6, 6.07) is 6.49. The van der Waals surface area contributed by atoms with Gasteiger partial charge in [-0.05, 0) is 56.5 Å². The summed E-state index contributed by atoms with van der Waals surface area (Å²) in [6.07, 6.45) is 3.88. The molecule has 3 aromatic rings. The lowest BCUT2D eigenvalue weighted by Crippen LogP contribution is -2.38. The molecule has 1 aliphatic heterocycles. The molecule has 1 saturated heterocycles. The van der Waals surface area contributed by atoms with Crippen molar-refractivity contribution in [3.63, 3.8) is 0 Å². The number of benzene rings is 1. The number of aryl methyl sites for hydroxylation is 2. The van der Waals surface area contributed by atoms with Gasteiger partial charge in [-0.15, -0.1) is 0 Å². The summed E-state index contributed by atoms with van der Waals surface area (Å²) < 4.78 is 1.88. The van der Waals surface area contributed by atoms with E-state index < -0.39 is 0 Å². The zero-order valence-electron chi connectivity index (χ0n) is 14.6. The number of nitrogens with zero attached hydrogens (tertiary/aromatic N) is 4. The van der Waals surface area contributed by atoms with Crippen LogP contribution in [0, 0.1) is 13.8 Å². The zero-order valence-corrected chi connectivity index (χ0v) is 14.6. The summed E-state index contributed by atoms with van der Waals surface area (Å²) in [7, 11) is 0. The Morgan fingerprint density at radius 1 is 1.20 bits per heavy atom. The first-order valence-corrected chi connectivity index (χ1v) is 8.66. The summed E-state index contributed by atoms with van der Waals surface area (Å²) in [5.74, 6) is 1.97. The average Bonchev–Trinajstić information content (AvgIpc) is 2.91. The molecule has 7 nitrogen and oxygen atoms in total. The van der Waals surface area contributed by atoms with E-state index in [0.717, 1.165) is 42.2 Å². The molecule has 0 radical (unpaired) electrons. The maximum atomic E-state index is 6.18. The van der Waals surface area contributed by atoms with Crippen molar-refractivity contribution in [2.24, 2.45) is 0 Å². The lowest BCUT2D eigenvalue weighted by Gasteiger charge is -2.24. The van der Waals surface area contributed by atoms with Crippen LogP contribution in [0.4, 0.5) is 11.8 Å². The fourth-order valence-corrected chi connectivity index (χ4v) is 3.32. The van der Waals surface area contributed by atoms with Crippen molar-refractivity contribution in [3.8, 4) is 5.82 Å². The minimum Gasteiger partial charge on any atom is -0.369 e. The molecule has 0 saturated carbocycles. The number of hydrogen-bond donors (Lipinski definition) is 3. The number of anilines is 2. The number of aromatic nitrogens is 4. The second kappa shape index (κ2) is 6.33. The van der Waals surface area contributed by atoms with Crippen LogP contribution < -0.4 is 16.4 Å². The number of imidazole rings is 1. The third kappa shape index (κ3) is 3.02. The summed E-state index contributed by atoms with van der Waals surface area (Å²) in [5, 5.41) is 6.88. The van der Waals surface area contributed by atoms with E-state index >= 15 is 0 Å². The van der Waals surface area contributed by atoms with E-state index in [4.69, 9.17) is 5.73 Å². The van der Waals surface area contributed by atoms with Crippen molar-refractivity contribution in [2.75, 3.05) is 24.1 Å². The number of piperidine rings is 1. The van der Waals surface area contributed by atoms with Gasteiger partial charge < -0.3 is 16.4 Å². The molecule has 1 aliphatic rings. The van der Waals surface area contributed by atoms with Crippen LogP contribution in [-0.2, 0) is 0 Å². The van der Waals surface area contributed by atoms with Crippen LogP contribution in [0.5, 0.6) is 0 Å². The summed E-state index contributed by atoms with van der Waals surface area (Å²) in [6.45, 7) is 6.21. The van der Waals surface area contributed by atoms with Crippen LogP contribution in [0.3, 0.4) is 0 Å². The van der Waals surface area contributed by atoms with Crippen molar-refractivity contribution in [1.29, 1.82) is 0 Å². The van der Waals surface area contributed by atoms with E-state index in [2.05, 4.69) is 51.6 Å². The van der Waals surface area contributed by atoms with Gasteiger partial charge in [0.05, 0.1) is 11.0 Å². The molecule has 3 heterocycles. The van der Waals surface area contributed by atoms with Gasteiger partial charge in [0, 0.05) is 18.7 Å². The molecular formula is C18H23N7. The van der Waals surface area contributed by atoms with Gasteiger partial charge in [0.1, 0.15) is 18.0 Å². The lowest BCUT2D eigenvalue weighted by molar-refractivity contribution is 0.479. The van der Waals surface area contributed by atoms with Crippen LogP contribution in [0.15, 0.2) is 24.5 Å². The minimum atomic E-state index is 0.387. The Bertz CT molecular complexity index is 909. The number of fused-ring (bicyclic) bond motifs is 1. The number of nitrogen functional groups attached to an aromatic ring is 1. The summed E-state index contributed by atoms with van der Waals surface area (Å²) in [4.78, 5) is 13.3. The van der Waals surface area contributed by atoms with Crippen molar-refractivity contribution in [2.45, 2.75) is 32.7 Å². The highest BCUT2D eigenvalue weighted by molar-refractivity contribution is 5.82. The number of nitrogens with one attached hydrogen (secondary N) is 2. The molecular weight excluding hydrogens is 314 g/mol. The normalized spacial score (nSPS) is 17.8. The minimum absolute atomic E-state index is 0.387. The van der Waals surface area contributed by atoms with Gasteiger partial charge in [-0.3, -0.25) is 4.57 Å². The van der Waals surface area contributed by atoms with Gasteiger partial charge in [-0.1, -0.05) is 0 Å². The Hall–Kier alpha value is -2.67. The predicted molar refractivity (Wildman–Crippen MR) is 100 cm³/mol. The highest BCUT2D eigenvalue weighted by atomic mass is 15.2. The zero-order chi connectivity index (χ0) is 17.4. The quantitative estimate of drug-likeness (QED) is 0.678. The maximum Gasteiger partial charge on any atom is 0.207 e. The Balaban J connectivity index is 1.72. The molecule has 1 atom stereocenters. The first kappa shape index (κ1) is 15.8. The first-order valence-electron chi connectivity index (χ1n) is 8.66. The van der Waals surface area contributed by atoms with Gasteiger partial charge in [0.2, 0.25) is 5.95 Å². The SMILES string of the molecule is Cc1cc2nc(N)n(-c3cc(N[C@H]4CCCNC4)ncn3)c2cc1C. The van der Waals surface area contributed by atoms with Crippen molar-refractivity contribution >= 4 is 22.8 Å². The van der Waals surface area contributed by atoms with E-state index in [1.54, 1.807) is 6.33 Å². The van der Waals surface area contributed by atoms with E-state index in [0.29, 0.717) is 12.0 Å². The van der Waals surface area contributed by atoms with Crippen molar-refractivity contribution < 1.29 is 0 Å². The number of rotatable bonds is 3. The molecule has 0 aliphatic carbocycles. The maximum absolute atomic E-state index is 6.18. The second-order valence-corrected chi connectivity index (χ2v) is 6.68. The molecule has 0 spiro atoms. The first-order chi connectivity index (χ1) is 12.1. The fraction of sp³-hybridized carbons (Fsp3) is 0.389. The van der Waals surface area contributed by atoms with Gasteiger partial charge in [-0.25, -0.2) is 15.0 Å². The number of nitrogens with two attached hydrogens (primary N) is 1. The standard InChI is InChI=1S/C18H23N7/c1-11-6-14-15(7-12(11)2)25(18(19)24-14)17-8-16(21-10-22-17)23-13-4-3-5-20-9-13/h6-8,10,13,20H,3-5,9H2,1-2H3,(H2,19,24)(H,21,22,23)/t13-/m0/s1. The van der Waals surface area contributed by atoms with Crippen molar-refractivity contribution in [1.82, 2.24) is 24.8 Å². The molecule has 0 unspecified atom stereocenters. The molecule has 4 rings (SSSR count). The Morgan fingerprint density at radius 2 is 2.04 bits per heavy atom. The molecule has 7 heteroatoms. The van der Waals surface area contributed by atoms with Crippen LogP contribution in [0.1, 0.15) is 24.0 Å². The Kier molecular flexibility index (Phi) is 4.01. The third-order valence-electron chi connectivity index (χ3n) is 4.83. The summed E-state index contributed by atoms with van der Waals surface area (Å²) >= 11 is 0. The predicted octanol–water partition coefficient (Wildman–Crippen LogP) is 2.18. The molecule has 1 aromatic carbocycles. The summed E-state index contributed by atoms with van der Waals surface area (Å²) in [5.41, 5.74) is 10.4. The van der Waals surface area contributed by atoms with Gasteiger partial charge in [-0.2, -0.15) is 0 Å². The van der Waals surface area contributed by atoms with Crippen molar-refractivity contribution in [3.05, 3.63) is 35.7 Å². The van der Waals surface area contributed by atoms with E-state index in [1.165, 1.54) is 17.5 Å². The second-order valence-electron chi connectivity index (χ2n) is 6.68. The molecule has 4 N–H and O–H groups in total. The van der Waals surface area contributed by atoms with Crippen LogP contribution >= 0.6 is 0 Å². The molecule has 130 valence electrons. The van der Waals surface area contributed by atoms with Crippen LogP contribution in [0.2, 0.25) is 0 Å². The van der Waals surface area contributed by atoms with Gasteiger partial charge >= 0.3 is 0 Å². The van der Waals surface area contributed by atoms with Crippen LogP contribution in [0.25, 0.3) is 16.9 Å². The van der Waals surface area contributed by atoms with E-state index in [1.807, 2.05) is 10.6 Å². The Labute approximate surface area is 146 Å². The third-order valence-corrected chi connectivity index (χ3v) is 4.83. The smallest absolute Gasteiger partial charge is 0.207 e. The fourth-order valence-electron chi connectivity index (χ4n) is 3.32. The van der Waals surface area contributed by atoms with E-state index in [9.17, 15) is 0 Å². The average molecular weight is 337 g/mol. The molecule has 25 heavy (non-hydrogen) atoms. The molecule has 0 amide bonds. The van der Waals surface area contributed by atoms with Gasteiger partial charge in [0.15, 0.2) is 0 Å². The highest BCUT2D eigenvalue weighted by Gasteiger charge is 2.16. The topological polar surface area (TPSA) is 93.7 Å². The lowest BCUT2D eigenvalue weighted by atomic mass is 10.1. The van der Waals surface area contributed by atoms with Gasteiger partial charge in [0.25, 0.3) is 0 Å². The van der Waals surface area contributed by atoms with Crippen LogP contribution in [-0.4, -0.2) is 38.7 Å². The largest absolute Gasteiger partial charge is 0.369 e. The number of hydrogen-bond acceptors (Lipinski definition) is 6. The molecule has 1 fully saturated rings. The molecule has 2 aromatic heterocycles. The Morgan fingerprint density at radius 3 is 2.84 bits per heavy atom. The highest BCUT2D eigenvalue weighted by Crippen LogP contribution is 2.25. The monoisotopic (exact) mass is 337 g/mol.